The highest BCUT2D eigenvalue weighted by Crippen LogP contribution is 2.24. The molecule has 4 heterocycles. The summed E-state index contributed by atoms with van der Waals surface area (Å²) in [5.74, 6) is 2.33. The number of nitrogens with zero attached hydrogens (tertiary/aromatic N) is 6. The second kappa shape index (κ2) is 7.82. The fourth-order valence-electron chi connectivity index (χ4n) is 3.78. The maximum absolute atomic E-state index is 12.7. The third kappa shape index (κ3) is 3.85. The zero-order valence-corrected chi connectivity index (χ0v) is 14.9. The Kier molecular flexibility index (Phi) is 5.10. The predicted molar refractivity (Wildman–Crippen MR) is 97.8 cm³/mol. The molecule has 1 amide bonds. The second-order valence-electron chi connectivity index (χ2n) is 6.97. The maximum atomic E-state index is 12.7. The fraction of sp³-hybridized carbons (Fsp3) is 0.556. The summed E-state index contributed by atoms with van der Waals surface area (Å²) in [6.45, 7) is 5.55. The third-order valence-electron chi connectivity index (χ3n) is 5.25. The molecule has 2 saturated heterocycles. The highest BCUT2D eigenvalue weighted by atomic mass is 16.2. The van der Waals surface area contributed by atoms with Gasteiger partial charge >= 0.3 is 0 Å². The zero-order chi connectivity index (χ0) is 17.8. The number of piperazine rings is 1. The maximum Gasteiger partial charge on any atom is 0.236 e. The van der Waals surface area contributed by atoms with E-state index in [0.717, 1.165) is 63.9 Å². The van der Waals surface area contributed by atoms with E-state index in [4.69, 9.17) is 0 Å². The van der Waals surface area contributed by atoms with E-state index in [1.165, 1.54) is 0 Å². The van der Waals surface area contributed by atoms with E-state index in [1.54, 1.807) is 18.6 Å². The molecule has 138 valence electrons. The summed E-state index contributed by atoms with van der Waals surface area (Å²) in [5, 5.41) is 0. The number of hydrogen-bond acceptors (Lipinski definition) is 6. The predicted octanol–water partition coefficient (Wildman–Crippen LogP) is 0.728. The van der Waals surface area contributed by atoms with Gasteiger partial charge < -0.3 is 14.8 Å². The molecule has 0 spiro atoms. The molecule has 0 radical (unpaired) electrons. The molecule has 2 aromatic rings. The van der Waals surface area contributed by atoms with Gasteiger partial charge in [0.2, 0.25) is 11.9 Å². The van der Waals surface area contributed by atoms with Crippen molar-refractivity contribution < 1.29 is 4.79 Å². The molecule has 2 aromatic heterocycles. The molecular weight excluding hydrogens is 330 g/mol. The van der Waals surface area contributed by atoms with Crippen molar-refractivity contribution in [1.29, 1.82) is 0 Å². The Morgan fingerprint density at radius 3 is 2.62 bits per heavy atom. The SMILES string of the molecule is O=C(CN1CCN(c2ncccn2)CC1)N1CCCC(c2ncc[nH]2)C1. The van der Waals surface area contributed by atoms with Gasteiger partial charge in [-0.15, -0.1) is 0 Å². The Bertz CT molecular complexity index is 698. The minimum absolute atomic E-state index is 0.227. The van der Waals surface area contributed by atoms with Crippen LogP contribution in [-0.2, 0) is 4.79 Å². The van der Waals surface area contributed by atoms with Gasteiger partial charge in [0.25, 0.3) is 0 Å². The first-order valence-corrected chi connectivity index (χ1v) is 9.31. The molecule has 2 aliphatic rings. The van der Waals surface area contributed by atoms with Gasteiger partial charge in [0.05, 0.1) is 6.54 Å². The van der Waals surface area contributed by atoms with Gasteiger partial charge in [-0.05, 0) is 18.9 Å². The monoisotopic (exact) mass is 355 g/mol. The van der Waals surface area contributed by atoms with Crippen molar-refractivity contribution in [3.05, 3.63) is 36.7 Å². The van der Waals surface area contributed by atoms with Crippen LogP contribution in [-0.4, -0.2) is 81.5 Å². The summed E-state index contributed by atoms with van der Waals surface area (Å²) >= 11 is 0. The van der Waals surface area contributed by atoms with Gasteiger partial charge in [0.15, 0.2) is 0 Å². The number of carbonyl (C=O) groups is 1. The third-order valence-corrected chi connectivity index (χ3v) is 5.25. The number of piperidine rings is 1. The number of rotatable bonds is 4. The molecule has 0 bridgehead atoms. The lowest BCUT2D eigenvalue weighted by molar-refractivity contribution is -0.133. The quantitative estimate of drug-likeness (QED) is 0.871. The number of imidazole rings is 1. The summed E-state index contributed by atoms with van der Waals surface area (Å²) in [4.78, 5) is 35.3. The average Bonchev–Trinajstić information content (AvgIpc) is 3.24. The molecule has 4 rings (SSSR count). The van der Waals surface area contributed by atoms with E-state index in [-0.39, 0.29) is 5.91 Å². The Morgan fingerprint density at radius 1 is 1.08 bits per heavy atom. The highest BCUT2D eigenvalue weighted by Gasteiger charge is 2.28. The first kappa shape index (κ1) is 17.0. The molecule has 2 fully saturated rings. The summed E-state index contributed by atoms with van der Waals surface area (Å²) in [5.41, 5.74) is 0. The Balaban J connectivity index is 1.27. The van der Waals surface area contributed by atoms with Crippen LogP contribution in [0.5, 0.6) is 0 Å². The summed E-state index contributed by atoms with van der Waals surface area (Å²) in [6.07, 6.45) is 9.30. The minimum atomic E-state index is 0.227. The number of aromatic nitrogens is 4. The van der Waals surface area contributed by atoms with E-state index in [1.807, 2.05) is 17.2 Å². The van der Waals surface area contributed by atoms with Crippen LogP contribution in [0.25, 0.3) is 0 Å². The largest absolute Gasteiger partial charge is 0.348 e. The van der Waals surface area contributed by atoms with E-state index in [0.29, 0.717) is 12.5 Å². The molecule has 26 heavy (non-hydrogen) atoms. The number of amides is 1. The lowest BCUT2D eigenvalue weighted by Crippen LogP contribution is -2.51. The molecule has 1 unspecified atom stereocenters. The van der Waals surface area contributed by atoms with Crippen molar-refractivity contribution >= 4 is 11.9 Å². The zero-order valence-electron chi connectivity index (χ0n) is 14.9. The molecular formula is C18H25N7O. The van der Waals surface area contributed by atoms with Crippen molar-refractivity contribution in [2.24, 2.45) is 0 Å². The van der Waals surface area contributed by atoms with Crippen molar-refractivity contribution in [2.45, 2.75) is 18.8 Å². The van der Waals surface area contributed by atoms with Gasteiger partial charge in [0.1, 0.15) is 5.82 Å². The fourth-order valence-corrected chi connectivity index (χ4v) is 3.78. The molecule has 8 heteroatoms. The summed E-state index contributed by atoms with van der Waals surface area (Å²) < 4.78 is 0. The number of aromatic amines is 1. The number of hydrogen-bond donors (Lipinski definition) is 1. The Morgan fingerprint density at radius 2 is 1.88 bits per heavy atom. The topological polar surface area (TPSA) is 81.2 Å². The van der Waals surface area contributed by atoms with E-state index in [9.17, 15) is 4.79 Å². The Hall–Kier alpha value is -2.48. The first-order valence-electron chi connectivity index (χ1n) is 9.31. The number of H-pyrrole nitrogens is 1. The number of carbonyl (C=O) groups excluding carboxylic acids is 1. The van der Waals surface area contributed by atoms with Crippen LogP contribution in [0, 0.1) is 0 Å². The number of likely N-dealkylation sites (tertiary alicyclic amines) is 1. The van der Waals surface area contributed by atoms with Gasteiger partial charge in [0, 0.05) is 70.0 Å². The van der Waals surface area contributed by atoms with Gasteiger partial charge in [-0.2, -0.15) is 0 Å². The molecule has 0 aliphatic carbocycles. The lowest BCUT2D eigenvalue weighted by Gasteiger charge is -2.37. The van der Waals surface area contributed by atoms with Crippen molar-refractivity contribution in [1.82, 2.24) is 29.7 Å². The van der Waals surface area contributed by atoms with Crippen LogP contribution in [0.4, 0.5) is 5.95 Å². The second-order valence-corrected chi connectivity index (χ2v) is 6.97. The van der Waals surface area contributed by atoms with Crippen molar-refractivity contribution in [2.75, 3.05) is 50.7 Å². The summed E-state index contributed by atoms with van der Waals surface area (Å²) in [6, 6.07) is 1.83. The van der Waals surface area contributed by atoms with E-state index in [2.05, 4.69) is 29.7 Å². The number of nitrogens with one attached hydrogen (secondary N) is 1. The average molecular weight is 355 g/mol. The number of anilines is 1. The standard InChI is InChI=1S/C18H25N7O/c26-16(25-8-1-3-15(13-25)17-19-6-7-20-17)14-23-9-11-24(12-10-23)18-21-4-2-5-22-18/h2,4-7,15H,1,3,8-14H2,(H,19,20). The van der Waals surface area contributed by atoms with Crippen LogP contribution < -0.4 is 4.90 Å². The summed E-state index contributed by atoms with van der Waals surface area (Å²) in [7, 11) is 0. The highest BCUT2D eigenvalue weighted by molar-refractivity contribution is 5.78. The van der Waals surface area contributed by atoms with Crippen molar-refractivity contribution in [3.63, 3.8) is 0 Å². The molecule has 0 aromatic carbocycles. The molecule has 0 saturated carbocycles. The van der Waals surface area contributed by atoms with E-state index >= 15 is 0 Å². The molecule has 1 atom stereocenters. The smallest absolute Gasteiger partial charge is 0.236 e. The van der Waals surface area contributed by atoms with Gasteiger partial charge in [-0.1, -0.05) is 0 Å². The first-order chi connectivity index (χ1) is 12.8. The molecule has 1 N–H and O–H groups in total. The van der Waals surface area contributed by atoms with Gasteiger partial charge in [-0.3, -0.25) is 9.69 Å². The van der Waals surface area contributed by atoms with Gasteiger partial charge in [-0.25, -0.2) is 15.0 Å². The lowest BCUT2D eigenvalue weighted by atomic mass is 9.97. The van der Waals surface area contributed by atoms with Crippen LogP contribution >= 0.6 is 0 Å². The van der Waals surface area contributed by atoms with E-state index < -0.39 is 0 Å². The van der Waals surface area contributed by atoms with Crippen LogP contribution in [0.2, 0.25) is 0 Å². The minimum Gasteiger partial charge on any atom is -0.348 e. The molecule has 8 nitrogen and oxygen atoms in total. The van der Waals surface area contributed by atoms with Crippen LogP contribution in [0.1, 0.15) is 24.6 Å². The van der Waals surface area contributed by atoms with Crippen LogP contribution in [0.3, 0.4) is 0 Å². The van der Waals surface area contributed by atoms with Crippen molar-refractivity contribution in [3.8, 4) is 0 Å². The molecule has 2 aliphatic heterocycles. The normalized spacial score (nSPS) is 21.8. The Labute approximate surface area is 153 Å². The van der Waals surface area contributed by atoms with Crippen LogP contribution in [0.15, 0.2) is 30.9 Å².